The number of Topliss-reactive ketones (excluding diaryl/α,β-unsaturated/α-hetero) is 1. The van der Waals surface area contributed by atoms with Crippen molar-refractivity contribution in [3.05, 3.63) is 54.4 Å². The SMILES string of the molecule is CCCC(NC(=O)Oc1cc2cccc(OC)c2o1)C(=O)N1CCC2C1C(=O)CN2C(=O)c1ccccn1. The van der Waals surface area contributed by atoms with Gasteiger partial charge in [-0.1, -0.05) is 31.5 Å². The summed E-state index contributed by atoms with van der Waals surface area (Å²) in [6.45, 7) is 2.10. The number of hydrogen-bond donors (Lipinski definition) is 1. The number of aromatic nitrogens is 1. The van der Waals surface area contributed by atoms with Crippen LogP contribution in [0.1, 0.15) is 36.7 Å². The number of likely N-dealkylation sites (tertiary alicyclic amines) is 2. The number of carbonyl (C=O) groups excluding carboxylic acids is 4. The first-order valence-electron chi connectivity index (χ1n) is 12.5. The van der Waals surface area contributed by atoms with Gasteiger partial charge >= 0.3 is 6.09 Å². The number of methoxy groups -OCH3 is 1. The lowest BCUT2D eigenvalue weighted by Crippen LogP contribution is -2.53. The van der Waals surface area contributed by atoms with Gasteiger partial charge in [-0.2, -0.15) is 0 Å². The van der Waals surface area contributed by atoms with Crippen LogP contribution < -0.4 is 14.8 Å². The largest absolute Gasteiger partial charge is 0.493 e. The van der Waals surface area contributed by atoms with Gasteiger partial charge in [-0.05, 0) is 31.0 Å². The number of amides is 3. The van der Waals surface area contributed by atoms with Gasteiger partial charge in [-0.3, -0.25) is 19.4 Å². The van der Waals surface area contributed by atoms with Gasteiger partial charge < -0.3 is 29.0 Å². The Bertz CT molecular complexity index is 1370. The average molecular weight is 521 g/mol. The minimum atomic E-state index is -0.904. The number of para-hydroxylation sites is 1. The summed E-state index contributed by atoms with van der Waals surface area (Å²) in [5.74, 6) is -0.477. The summed E-state index contributed by atoms with van der Waals surface area (Å²) in [6, 6.07) is 9.80. The Kier molecular flexibility index (Phi) is 6.99. The molecule has 3 unspecified atom stereocenters. The number of benzene rings is 1. The van der Waals surface area contributed by atoms with Crippen molar-refractivity contribution >= 4 is 34.7 Å². The zero-order chi connectivity index (χ0) is 26.8. The number of furan rings is 1. The Morgan fingerprint density at radius 1 is 1.18 bits per heavy atom. The molecule has 3 aromatic rings. The quantitative estimate of drug-likeness (QED) is 0.503. The maximum atomic E-state index is 13.5. The number of ketones is 1. The third-order valence-corrected chi connectivity index (χ3v) is 6.92. The smallest absolute Gasteiger partial charge is 0.415 e. The lowest BCUT2D eigenvalue weighted by Gasteiger charge is -2.27. The molecule has 0 radical (unpaired) electrons. The van der Waals surface area contributed by atoms with Gasteiger partial charge in [0.2, 0.25) is 5.91 Å². The van der Waals surface area contributed by atoms with Crippen molar-refractivity contribution in [2.45, 2.75) is 44.3 Å². The van der Waals surface area contributed by atoms with Crippen LogP contribution in [0, 0.1) is 0 Å². The van der Waals surface area contributed by atoms with Crippen LogP contribution in [0.5, 0.6) is 11.7 Å². The summed E-state index contributed by atoms with van der Waals surface area (Å²) in [5.41, 5.74) is 0.689. The van der Waals surface area contributed by atoms with E-state index in [2.05, 4.69) is 10.3 Å². The second-order valence-electron chi connectivity index (χ2n) is 9.27. The minimum Gasteiger partial charge on any atom is -0.493 e. The third-order valence-electron chi connectivity index (χ3n) is 6.92. The van der Waals surface area contributed by atoms with E-state index in [-0.39, 0.29) is 35.8 Å². The number of carbonyl (C=O) groups is 4. The molecule has 2 aliphatic rings. The molecule has 2 fully saturated rings. The lowest BCUT2D eigenvalue weighted by molar-refractivity contribution is -0.138. The molecule has 1 aromatic carbocycles. The molecule has 11 heteroatoms. The van der Waals surface area contributed by atoms with Gasteiger partial charge in [0.25, 0.3) is 11.9 Å². The maximum absolute atomic E-state index is 13.5. The van der Waals surface area contributed by atoms with E-state index in [4.69, 9.17) is 13.9 Å². The Morgan fingerprint density at radius 3 is 2.76 bits per heavy atom. The molecule has 38 heavy (non-hydrogen) atoms. The molecule has 11 nitrogen and oxygen atoms in total. The summed E-state index contributed by atoms with van der Waals surface area (Å²) >= 11 is 0. The van der Waals surface area contributed by atoms with E-state index in [1.165, 1.54) is 23.1 Å². The number of fused-ring (bicyclic) bond motifs is 2. The zero-order valence-corrected chi connectivity index (χ0v) is 21.1. The van der Waals surface area contributed by atoms with Crippen LogP contribution in [-0.4, -0.2) is 76.8 Å². The Labute approximate surface area is 218 Å². The molecule has 0 aliphatic carbocycles. The Hall–Kier alpha value is -4.41. The average Bonchev–Trinajstić information content (AvgIpc) is 3.62. The number of ether oxygens (including phenoxy) is 2. The molecule has 2 saturated heterocycles. The first kappa shape index (κ1) is 25.2. The number of pyridine rings is 1. The molecule has 0 saturated carbocycles. The lowest BCUT2D eigenvalue weighted by atomic mass is 10.1. The first-order chi connectivity index (χ1) is 18.4. The fourth-order valence-corrected chi connectivity index (χ4v) is 5.21. The van der Waals surface area contributed by atoms with Crippen LogP contribution in [0.25, 0.3) is 11.0 Å². The first-order valence-corrected chi connectivity index (χ1v) is 12.5. The molecular weight excluding hydrogens is 492 g/mol. The van der Waals surface area contributed by atoms with Crippen molar-refractivity contribution in [1.29, 1.82) is 0 Å². The van der Waals surface area contributed by atoms with Gasteiger partial charge in [0, 0.05) is 24.2 Å². The van der Waals surface area contributed by atoms with E-state index in [1.54, 1.807) is 42.5 Å². The van der Waals surface area contributed by atoms with Crippen molar-refractivity contribution in [2.24, 2.45) is 0 Å². The topological polar surface area (TPSA) is 131 Å². The molecule has 198 valence electrons. The predicted octanol–water partition coefficient (Wildman–Crippen LogP) is 2.79. The summed E-state index contributed by atoms with van der Waals surface area (Å²) in [4.78, 5) is 59.3. The van der Waals surface area contributed by atoms with Gasteiger partial charge in [0.15, 0.2) is 17.1 Å². The molecule has 2 aliphatic heterocycles. The maximum Gasteiger partial charge on any atom is 0.415 e. The summed E-state index contributed by atoms with van der Waals surface area (Å²) in [6.07, 6.45) is 2.09. The number of nitrogens with one attached hydrogen (secondary N) is 1. The van der Waals surface area contributed by atoms with Crippen LogP contribution in [0.2, 0.25) is 0 Å². The Balaban J connectivity index is 1.27. The van der Waals surface area contributed by atoms with Crippen LogP contribution >= 0.6 is 0 Å². The zero-order valence-electron chi connectivity index (χ0n) is 21.1. The van der Waals surface area contributed by atoms with Gasteiger partial charge in [0.1, 0.15) is 17.8 Å². The van der Waals surface area contributed by atoms with E-state index < -0.39 is 24.2 Å². The summed E-state index contributed by atoms with van der Waals surface area (Å²) in [7, 11) is 1.51. The van der Waals surface area contributed by atoms with Crippen LogP contribution in [0.4, 0.5) is 4.79 Å². The van der Waals surface area contributed by atoms with E-state index in [0.717, 1.165) is 0 Å². The highest BCUT2D eigenvalue weighted by atomic mass is 16.6. The van der Waals surface area contributed by atoms with E-state index in [9.17, 15) is 19.2 Å². The molecule has 2 aromatic heterocycles. The standard InChI is InChI=1S/C27H28N4O7/c1-3-7-18(29-27(35)38-22-14-16-8-6-10-21(36-2)24(16)37-22)26(34)30-13-11-19-23(30)20(32)15-31(19)25(33)17-9-4-5-12-28-17/h4-6,8-10,12,14,18-19,23H,3,7,11,13,15H2,1-2H3,(H,29,35). The number of hydrogen-bond acceptors (Lipinski definition) is 8. The molecule has 3 amide bonds. The van der Waals surface area contributed by atoms with Crippen molar-refractivity contribution in [3.8, 4) is 11.7 Å². The number of nitrogens with zero attached hydrogens (tertiary/aromatic N) is 3. The van der Waals surface area contributed by atoms with Crippen molar-refractivity contribution < 1.29 is 33.1 Å². The normalized spacial score (nSPS) is 19.4. The fraction of sp³-hybridized carbons (Fsp3) is 0.370. The van der Waals surface area contributed by atoms with Gasteiger partial charge in [-0.25, -0.2) is 4.79 Å². The molecule has 3 atom stereocenters. The van der Waals surface area contributed by atoms with Gasteiger partial charge in [-0.15, -0.1) is 0 Å². The van der Waals surface area contributed by atoms with Crippen LogP contribution in [-0.2, 0) is 9.59 Å². The van der Waals surface area contributed by atoms with Crippen molar-refractivity contribution in [1.82, 2.24) is 20.1 Å². The van der Waals surface area contributed by atoms with Crippen LogP contribution in [0.3, 0.4) is 0 Å². The van der Waals surface area contributed by atoms with Crippen molar-refractivity contribution in [3.63, 3.8) is 0 Å². The van der Waals surface area contributed by atoms with E-state index in [0.29, 0.717) is 42.5 Å². The summed E-state index contributed by atoms with van der Waals surface area (Å²) in [5, 5.41) is 3.32. The van der Waals surface area contributed by atoms with E-state index in [1.807, 2.05) is 6.92 Å². The van der Waals surface area contributed by atoms with Crippen LogP contribution in [0.15, 0.2) is 53.1 Å². The third kappa shape index (κ3) is 4.67. The van der Waals surface area contributed by atoms with Gasteiger partial charge in [0.05, 0.1) is 19.7 Å². The highest BCUT2D eigenvalue weighted by Gasteiger charge is 2.52. The molecule has 1 N–H and O–H groups in total. The minimum absolute atomic E-state index is 0.0411. The molecule has 4 heterocycles. The molecule has 5 rings (SSSR count). The predicted molar refractivity (Wildman–Crippen MR) is 135 cm³/mol. The second kappa shape index (κ2) is 10.5. The number of rotatable bonds is 7. The molecule has 0 bridgehead atoms. The Morgan fingerprint density at radius 2 is 2.03 bits per heavy atom. The summed E-state index contributed by atoms with van der Waals surface area (Å²) < 4.78 is 16.2. The van der Waals surface area contributed by atoms with Crippen molar-refractivity contribution in [2.75, 3.05) is 20.2 Å². The highest BCUT2D eigenvalue weighted by Crippen LogP contribution is 2.33. The molecule has 0 spiro atoms. The highest BCUT2D eigenvalue weighted by molar-refractivity contribution is 6.02. The monoisotopic (exact) mass is 520 g/mol. The fourth-order valence-electron chi connectivity index (χ4n) is 5.21. The van der Waals surface area contributed by atoms with E-state index >= 15 is 0 Å². The second-order valence-corrected chi connectivity index (χ2v) is 9.27. The molecular formula is C27H28N4O7.